The van der Waals surface area contributed by atoms with Crippen molar-refractivity contribution >= 4 is 27.4 Å². The van der Waals surface area contributed by atoms with Crippen LogP contribution in [0.1, 0.15) is 32.1 Å². The number of amides is 1. The molecule has 1 unspecified atom stereocenters. The molecule has 24 heavy (non-hydrogen) atoms. The van der Waals surface area contributed by atoms with Crippen molar-refractivity contribution in [2.24, 2.45) is 0 Å². The number of aromatic nitrogens is 1. The molecule has 2 saturated heterocycles. The summed E-state index contributed by atoms with van der Waals surface area (Å²) in [6.07, 6.45) is 5.82. The second kappa shape index (κ2) is 7.06. The van der Waals surface area contributed by atoms with Crippen LogP contribution < -0.4 is 9.62 Å². The van der Waals surface area contributed by atoms with Gasteiger partial charge in [0.2, 0.25) is 15.9 Å². The van der Waals surface area contributed by atoms with Crippen LogP contribution in [0.3, 0.4) is 0 Å². The highest BCUT2D eigenvalue weighted by atomic mass is 32.2. The van der Waals surface area contributed by atoms with Gasteiger partial charge in [-0.1, -0.05) is 0 Å². The molecule has 0 aliphatic carbocycles. The molecule has 3 heterocycles. The first kappa shape index (κ1) is 17.2. The van der Waals surface area contributed by atoms with E-state index in [1.807, 2.05) is 0 Å². The van der Waals surface area contributed by atoms with Gasteiger partial charge in [0, 0.05) is 19.0 Å². The Morgan fingerprint density at radius 2 is 2.17 bits per heavy atom. The maximum absolute atomic E-state index is 12.0. The fourth-order valence-corrected chi connectivity index (χ4v) is 4.93. The second-order valence-electron chi connectivity index (χ2n) is 6.51. The lowest BCUT2D eigenvalue weighted by atomic mass is 10.1. The third-order valence-electron chi connectivity index (χ3n) is 4.78. The molecule has 1 amide bonds. The van der Waals surface area contributed by atoms with Crippen LogP contribution in [-0.4, -0.2) is 56.1 Å². The fourth-order valence-electron chi connectivity index (χ4n) is 3.38. The first-order valence-electron chi connectivity index (χ1n) is 8.42. The molecule has 0 bridgehead atoms. The van der Waals surface area contributed by atoms with E-state index in [0.29, 0.717) is 36.9 Å². The van der Waals surface area contributed by atoms with Crippen LogP contribution in [0.2, 0.25) is 0 Å². The standard InChI is InChI=1S/C16H24N4O3S/c1-19-9-2-4-13(19)6-8-16(21)18-15-7-5-14(12-17-15)20-10-3-11-24(20,22)23/h5,7,12-13H,2-4,6,8-11H2,1H3,(H,17,18,21). The smallest absolute Gasteiger partial charge is 0.235 e. The van der Waals surface area contributed by atoms with Gasteiger partial charge < -0.3 is 10.2 Å². The van der Waals surface area contributed by atoms with E-state index >= 15 is 0 Å². The highest BCUT2D eigenvalue weighted by molar-refractivity contribution is 7.93. The van der Waals surface area contributed by atoms with E-state index in [1.54, 1.807) is 12.1 Å². The summed E-state index contributed by atoms with van der Waals surface area (Å²) in [5.41, 5.74) is 0.554. The SMILES string of the molecule is CN1CCCC1CCC(=O)Nc1ccc(N2CCCS2(=O)=O)cn1. The number of hydrogen-bond donors (Lipinski definition) is 1. The average molecular weight is 352 g/mol. The van der Waals surface area contributed by atoms with Crippen LogP contribution in [0, 0.1) is 0 Å². The van der Waals surface area contributed by atoms with E-state index < -0.39 is 10.0 Å². The summed E-state index contributed by atoms with van der Waals surface area (Å²) in [5, 5.41) is 2.78. The molecule has 2 fully saturated rings. The lowest BCUT2D eigenvalue weighted by Gasteiger charge is -2.19. The molecule has 8 heteroatoms. The molecule has 1 N–H and O–H groups in total. The average Bonchev–Trinajstić information content (AvgIpc) is 3.11. The lowest BCUT2D eigenvalue weighted by Crippen LogP contribution is -2.26. The van der Waals surface area contributed by atoms with Gasteiger partial charge in [-0.05, 0) is 51.4 Å². The van der Waals surface area contributed by atoms with Gasteiger partial charge in [-0.15, -0.1) is 0 Å². The zero-order valence-corrected chi connectivity index (χ0v) is 14.8. The number of carbonyl (C=O) groups is 1. The molecule has 1 aromatic heterocycles. The molecular weight excluding hydrogens is 328 g/mol. The van der Waals surface area contributed by atoms with Gasteiger partial charge >= 0.3 is 0 Å². The van der Waals surface area contributed by atoms with Gasteiger partial charge in [0.15, 0.2) is 0 Å². The summed E-state index contributed by atoms with van der Waals surface area (Å²) < 4.78 is 25.2. The van der Waals surface area contributed by atoms with Gasteiger partial charge in [0.05, 0.1) is 17.6 Å². The van der Waals surface area contributed by atoms with Gasteiger partial charge in [-0.3, -0.25) is 9.10 Å². The van der Waals surface area contributed by atoms with Crippen LogP contribution in [0.4, 0.5) is 11.5 Å². The quantitative estimate of drug-likeness (QED) is 0.867. The predicted octanol–water partition coefficient (Wildman–Crippen LogP) is 1.43. The number of nitrogens with one attached hydrogen (secondary N) is 1. The van der Waals surface area contributed by atoms with Gasteiger partial charge in [0.25, 0.3) is 0 Å². The molecular formula is C16H24N4O3S. The van der Waals surface area contributed by atoms with Crippen LogP contribution in [0.5, 0.6) is 0 Å². The fraction of sp³-hybridized carbons (Fsp3) is 0.625. The van der Waals surface area contributed by atoms with Crippen LogP contribution in [0.15, 0.2) is 18.3 Å². The molecule has 0 radical (unpaired) electrons. The van der Waals surface area contributed by atoms with Crippen molar-refractivity contribution in [2.75, 3.05) is 35.5 Å². The Kier molecular flexibility index (Phi) is 5.05. The highest BCUT2D eigenvalue weighted by Gasteiger charge is 2.28. The molecule has 2 aliphatic rings. The van der Waals surface area contributed by atoms with Gasteiger partial charge in [-0.25, -0.2) is 13.4 Å². The van der Waals surface area contributed by atoms with Crippen LogP contribution in [-0.2, 0) is 14.8 Å². The first-order chi connectivity index (χ1) is 11.5. The molecule has 0 aromatic carbocycles. The number of pyridine rings is 1. The Hall–Kier alpha value is -1.67. The molecule has 3 rings (SSSR count). The Morgan fingerprint density at radius 1 is 1.33 bits per heavy atom. The molecule has 7 nitrogen and oxygen atoms in total. The summed E-state index contributed by atoms with van der Waals surface area (Å²) >= 11 is 0. The minimum Gasteiger partial charge on any atom is -0.311 e. The Morgan fingerprint density at radius 3 is 2.75 bits per heavy atom. The summed E-state index contributed by atoms with van der Waals surface area (Å²) in [4.78, 5) is 18.5. The maximum Gasteiger partial charge on any atom is 0.235 e. The number of hydrogen-bond acceptors (Lipinski definition) is 5. The Balaban J connectivity index is 1.53. The largest absolute Gasteiger partial charge is 0.311 e. The number of sulfonamides is 1. The van der Waals surface area contributed by atoms with Gasteiger partial charge in [-0.2, -0.15) is 0 Å². The van der Waals surface area contributed by atoms with E-state index in [4.69, 9.17) is 0 Å². The van der Waals surface area contributed by atoms with E-state index in [1.165, 1.54) is 16.9 Å². The van der Waals surface area contributed by atoms with E-state index in [2.05, 4.69) is 22.2 Å². The number of anilines is 2. The molecule has 1 aromatic rings. The first-order valence-corrected chi connectivity index (χ1v) is 10.0. The molecule has 0 spiro atoms. The highest BCUT2D eigenvalue weighted by Crippen LogP contribution is 2.24. The predicted molar refractivity (Wildman–Crippen MR) is 93.5 cm³/mol. The number of nitrogens with zero attached hydrogens (tertiary/aromatic N) is 3. The third kappa shape index (κ3) is 3.87. The van der Waals surface area contributed by atoms with Gasteiger partial charge in [0.1, 0.15) is 5.82 Å². The second-order valence-corrected chi connectivity index (χ2v) is 8.52. The Labute approximate surface area is 143 Å². The van der Waals surface area contributed by atoms with E-state index in [9.17, 15) is 13.2 Å². The normalized spacial score (nSPS) is 23.5. The molecule has 2 aliphatic heterocycles. The topological polar surface area (TPSA) is 82.6 Å². The monoisotopic (exact) mass is 352 g/mol. The van der Waals surface area contributed by atoms with E-state index in [-0.39, 0.29) is 11.7 Å². The number of carbonyl (C=O) groups excluding carboxylic acids is 1. The zero-order chi connectivity index (χ0) is 17.2. The van der Waals surface area contributed by atoms with Crippen molar-refractivity contribution < 1.29 is 13.2 Å². The maximum atomic E-state index is 12.0. The minimum atomic E-state index is -3.20. The summed E-state index contributed by atoms with van der Waals surface area (Å²) in [6, 6.07) is 3.84. The van der Waals surface area contributed by atoms with Crippen molar-refractivity contribution in [3.8, 4) is 0 Å². The lowest BCUT2D eigenvalue weighted by molar-refractivity contribution is -0.116. The van der Waals surface area contributed by atoms with E-state index in [0.717, 1.165) is 19.4 Å². The summed E-state index contributed by atoms with van der Waals surface area (Å²) in [7, 11) is -1.10. The van der Waals surface area contributed by atoms with Crippen molar-refractivity contribution in [3.05, 3.63) is 18.3 Å². The summed E-state index contributed by atoms with van der Waals surface area (Å²) in [5.74, 6) is 0.589. The van der Waals surface area contributed by atoms with Crippen LogP contribution in [0.25, 0.3) is 0 Å². The number of likely N-dealkylation sites (tertiary alicyclic amines) is 1. The molecule has 0 saturated carbocycles. The zero-order valence-electron chi connectivity index (χ0n) is 13.9. The van der Waals surface area contributed by atoms with Crippen molar-refractivity contribution in [2.45, 2.75) is 38.1 Å². The van der Waals surface area contributed by atoms with Crippen LogP contribution >= 0.6 is 0 Å². The van der Waals surface area contributed by atoms with Crippen molar-refractivity contribution in [1.82, 2.24) is 9.88 Å². The number of rotatable bonds is 5. The third-order valence-corrected chi connectivity index (χ3v) is 6.65. The molecule has 1 atom stereocenters. The summed E-state index contributed by atoms with van der Waals surface area (Å²) in [6.45, 7) is 1.60. The van der Waals surface area contributed by atoms with Crippen molar-refractivity contribution in [3.63, 3.8) is 0 Å². The van der Waals surface area contributed by atoms with Crippen molar-refractivity contribution in [1.29, 1.82) is 0 Å². The Bertz CT molecular complexity index is 690. The minimum absolute atomic E-state index is 0.0515. The molecule has 132 valence electrons.